The molecular formula is C14H17NO. The number of rotatable bonds is 1. The fraction of sp³-hybridized carbons (Fsp3) is 0.429. The second-order valence-electron chi connectivity index (χ2n) is 4.67. The normalized spacial score (nSPS) is 27.9. The first-order valence-electron chi connectivity index (χ1n) is 5.88. The van der Waals surface area contributed by atoms with Crippen LogP contribution in [0.1, 0.15) is 24.5 Å². The van der Waals surface area contributed by atoms with Gasteiger partial charge in [-0.2, -0.15) is 0 Å². The SMILES string of the molecule is CNC1(C)OCCC2=C1Cc1ccccc12. The van der Waals surface area contributed by atoms with Crippen LogP contribution in [0.25, 0.3) is 5.57 Å². The van der Waals surface area contributed by atoms with Gasteiger partial charge in [0.15, 0.2) is 0 Å². The van der Waals surface area contributed by atoms with E-state index in [-0.39, 0.29) is 5.72 Å². The van der Waals surface area contributed by atoms with E-state index in [0.29, 0.717) is 0 Å². The smallest absolute Gasteiger partial charge is 0.139 e. The lowest BCUT2D eigenvalue weighted by Crippen LogP contribution is -2.46. The molecule has 1 unspecified atom stereocenters. The third-order valence-corrected chi connectivity index (χ3v) is 3.87. The molecule has 1 aliphatic heterocycles. The Morgan fingerprint density at radius 1 is 1.31 bits per heavy atom. The van der Waals surface area contributed by atoms with Gasteiger partial charge < -0.3 is 4.74 Å². The van der Waals surface area contributed by atoms with Crippen molar-refractivity contribution < 1.29 is 4.74 Å². The van der Waals surface area contributed by atoms with E-state index in [1.165, 1.54) is 22.3 Å². The molecule has 1 aliphatic carbocycles. The molecule has 2 nitrogen and oxygen atoms in total. The highest BCUT2D eigenvalue weighted by atomic mass is 16.5. The Labute approximate surface area is 96.3 Å². The predicted molar refractivity (Wildman–Crippen MR) is 65.1 cm³/mol. The molecule has 0 radical (unpaired) electrons. The van der Waals surface area contributed by atoms with E-state index < -0.39 is 0 Å². The molecule has 1 aromatic rings. The summed E-state index contributed by atoms with van der Waals surface area (Å²) < 4.78 is 5.89. The van der Waals surface area contributed by atoms with Gasteiger partial charge >= 0.3 is 0 Å². The molecule has 0 saturated carbocycles. The number of nitrogens with one attached hydrogen (secondary N) is 1. The minimum absolute atomic E-state index is 0.271. The van der Waals surface area contributed by atoms with Gasteiger partial charge in [0.2, 0.25) is 0 Å². The van der Waals surface area contributed by atoms with E-state index in [1.807, 2.05) is 7.05 Å². The first kappa shape index (κ1) is 10.1. The number of benzene rings is 1. The van der Waals surface area contributed by atoms with Gasteiger partial charge in [-0.15, -0.1) is 0 Å². The summed E-state index contributed by atoms with van der Waals surface area (Å²) in [5.41, 5.74) is 5.52. The summed E-state index contributed by atoms with van der Waals surface area (Å²) in [6, 6.07) is 8.71. The molecule has 16 heavy (non-hydrogen) atoms. The lowest BCUT2D eigenvalue weighted by atomic mass is 9.94. The Balaban J connectivity index is 2.12. The van der Waals surface area contributed by atoms with E-state index in [9.17, 15) is 0 Å². The molecule has 3 rings (SSSR count). The Morgan fingerprint density at radius 3 is 2.94 bits per heavy atom. The molecule has 2 heteroatoms. The maximum Gasteiger partial charge on any atom is 0.139 e. The number of fused-ring (bicyclic) bond motifs is 2. The van der Waals surface area contributed by atoms with Crippen LogP contribution in [-0.4, -0.2) is 19.4 Å². The van der Waals surface area contributed by atoms with Crippen molar-refractivity contribution in [3.05, 3.63) is 41.0 Å². The first-order chi connectivity index (χ1) is 7.74. The lowest BCUT2D eigenvalue weighted by molar-refractivity contribution is -0.0283. The fourth-order valence-electron chi connectivity index (χ4n) is 2.84. The fourth-order valence-corrected chi connectivity index (χ4v) is 2.84. The van der Waals surface area contributed by atoms with E-state index in [2.05, 4.69) is 36.5 Å². The van der Waals surface area contributed by atoms with Gasteiger partial charge in [-0.1, -0.05) is 24.3 Å². The van der Waals surface area contributed by atoms with Crippen LogP contribution in [0.15, 0.2) is 29.8 Å². The number of ether oxygens (including phenoxy) is 1. The molecule has 0 bridgehead atoms. The molecule has 2 aliphatic rings. The third-order valence-electron chi connectivity index (χ3n) is 3.87. The van der Waals surface area contributed by atoms with Gasteiger partial charge in [0.25, 0.3) is 0 Å². The summed E-state index contributed by atoms with van der Waals surface area (Å²) in [6.07, 6.45) is 2.08. The summed E-state index contributed by atoms with van der Waals surface area (Å²) in [5.74, 6) is 0. The Morgan fingerprint density at radius 2 is 2.12 bits per heavy atom. The highest BCUT2D eigenvalue weighted by molar-refractivity contribution is 5.78. The zero-order valence-electron chi connectivity index (χ0n) is 9.84. The predicted octanol–water partition coefficient (Wildman–Crippen LogP) is 2.35. The number of likely N-dealkylation sites (N-methyl/N-ethyl adjacent to an activating group) is 1. The largest absolute Gasteiger partial charge is 0.357 e. The molecule has 0 amide bonds. The van der Waals surface area contributed by atoms with Crippen LogP contribution < -0.4 is 5.32 Å². The quantitative estimate of drug-likeness (QED) is 0.776. The Hall–Kier alpha value is -1.12. The van der Waals surface area contributed by atoms with Gasteiger partial charge in [0.1, 0.15) is 5.72 Å². The topological polar surface area (TPSA) is 21.3 Å². The molecular weight excluding hydrogens is 198 g/mol. The summed E-state index contributed by atoms with van der Waals surface area (Å²) in [5, 5.41) is 3.31. The van der Waals surface area contributed by atoms with Crippen molar-refractivity contribution >= 4 is 5.57 Å². The van der Waals surface area contributed by atoms with Crippen molar-refractivity contribution in [1.29, 1.82) is 0 Å². The molecule has 84 valence electrons. The minimum atomic E-state index is -0.271. The third kappa shape index (κ3) is 1.27. The van der Waals surface area contributed by atoms with Crippen molar-refractivity contribution in [1.82, 2.24) is 5.32 Å². The minimum Gasteiger partial charge on any atom is -0.357 e. The first-order valence-corrected chi connectivity index (χ1v) is 5.88. The standard InChI is InChI=1S/C14H17NO/c1-14(15-2)13-9-10-5-3-4-6-11(10)12(13)7-8-16-14/h3-6,15H,7-9H2,1-2H3. The Bertz CT molecular complexity index is 464. The zero-order valence-corrected chi connectivity index (χ0v) is 9.84. The molecule has 1 aromatic carbocycles. The van der Waals surface area contributed by atoms with Crippen molar-refractivity contribution in [2.45, 2.75) is 25.5 Å². The van der Waals surface area contributed by atoms with Crippen LogP contribution in [0.2, 0.25) is 0 Å². The number of hydrogen-bond donors (Lipinski definition) is 1. The molecule has 0 fully saturated rings. The van der Waals surface area contributed by atoms with Crippen LogP contribution in [0.4, 0.5) is 0 Å². The zero-order chi connectivity index (χ0) is 11.2. The van der Waals surface area contributed by atoms with Crippen LogP contribution in [-0.2, 0) is 11.2 Å². The summed E-state index contributed by atoms with van der Waals surface area (Å²) >= 11 is 0. The summed E-state index contributed by atoms with van der Waals surface area (Å²) in [4.78, 5) is 0. The lowest BCUT2D eigenvalue weighted by Gasteiger charge is -2.35. The van der Waals surface area contributed by atoms with Gasteiger partial charge in [0, 0.05) is 0 Å². The van der Waals surface area contributed by atoms with Crippen molar-refractivity contribution in [2.75, 3.05) is 13.7 Å². The van der Waals surface area contributed by atoms with E-state index in [0.717, 1.165) is 19.4 Å². The highest BCUT2D eigenvalue weighted by Gasteiger charge is 2.38. The Kier molecular flexibility index (Phi) is 2.16. The summed E-state index contributed by atoms with van der Waals surface area (Å²) in [6.45, 7) is 2.94. The van der Waals surface area contributed by atoms with E-state index in [4.69, 9.17) is 4.74 Å². The van der Waals surface area contributed by atoms with Gasteiger partial charge in [-0.25, -0.2) is 0 Å². The monoisotopic (exact) mass is 215 g/mol. The molecule has 1 heterocycles. The second kappa shape index (κ2) is 3.44. The molecule has 0 spiro atoms. The second-order valence-corrected chi connectivity index (χ2v) is 4.67. The van der Waals surface area contributed by atoms with Crippen LogP contribution in [0.3, 0.4) is 0 Å². The van der Waals surface area contributed by atoms with Gasteiger partial charge in [-0.3, -0.25) is 5.32 Å². The van der Waals surface area contributed by atoms with Crippen LogP contribution in [0.5, 0.6) is 0 Å². The maximum absolute atomic E-state index is 5.89. The van der Waals surface area contributed by atoms with Crippen molar-refractivity contribution in [3.63, 3.8) is 0 Å². The number of hydrogen-bond acceptors (Lipinski definition) is 2. The van der Waals surface area contributed by atoms with Crippen LogP contribution >= 0.6 is 0 Å². The molecule has 0 aromatic heterocycles. The molecule has 1 N–H and O–H groups in total. The van der Waals surface area contributed by atoms with Crippen molar-refractivity contribution in [3.8, 4) is 0 Å². The van der Waals surface area contributed by atoms with Gasteiger partial charge in [0.05, 0.1) is 6.61 Å². The van der Waals surface area contributed by atoms with Crippen molar-refractivity contribution in [2.24, 2.45) is 0 Å². The average molecular weight is 215 g/mol. The van der Waals surface area contributed by atoms with E-state index >= 15 is 0 Å². The average Bonchev–Trinajstić information content (AvgIpc) is 2.70. The van der Waals surface area contributed by atoms with Crippen LogP contribution in [0, 0.1) is 0 Å². The summed E-state index contributed by atoms with van der Waals surface area (Å²) in [7, 11) is 1.97. The highest BCUT2D eigenvalue weighted by Crippen LogP contribution is 2.42. The molecule has 0 saturated heterocycles. The van der Waals surface area contributed by atoms with Gasteiger partial charge in [-0.05, 0) is 49.1 Å². The maximum atomic E-state index is 5.89. The van der Waals surface area contributed by atoms with E-state index in [1.54, 1.807) is 0 Å². The molecule has 1 atom stereocenters.